The number of carbonyl (C=O) groups is 1. The quantitative estimate of drug-likeness (QED) is 0.399. The van der Waals surface area contributed by atoms with E-state index >= 15 is 0 Å². The molecule has 0 saturated heterocycles. The minimum Gasteiger partial charge on any atom is -0.483 e. The third kappa shape index (κ3) is 5.03. The predicted octanol–water partition coefficient (Wildman–Crippen LogP) is 5.15. The number of thiazole rings is 1. The Morgan fingerprint density at radius 2 is 2.15 bits per heavy atom. The molecular formula is C17H11BrClN3O4S. The van der Waals surface area contributed by atoms with E-state index < -0.39 is 4.92 Å². The molecule has 138 valence electrons. The maximum Gasteiger partial charge on any atom is 0.270 e. The largest absolute Gasteiger partial charge is 0.483 e. The molecule has 1 aromatic heterocycles. The van der Waals surface area contributed by atoms with Crippen molar-refractivity contribution < 1.29 is 14.5 Å². The fourth-order valence-electron chi connectivity index (χ4n) is 2.13. The van der Waals surface area contributed by atoms with E-state index in [-0.39, 0.29) is 18.2 Å². The fourth-order valence-corrected chi connectivity index (χ4v) is 3.67. The Labute approximate surface area is 171 Å². The monoisotopic (exact) mass is 467 g/mol. The summed E-state index contributed by atoms with van der Waals surface area (Å²) >= 11 is 10.4. The molecule has 0 aliphatic rings. The lowest BCUT2D eigenvalue weighted by atomic mass is 10.1. The molecule has 1 amide bonds. The zero-order chi connectivity index (χ0) is 19.4. The highest BCUT2D eigenvalue weighted by Gasteiger charge is 2.12. The smallest absolute Gasteiger partial charge is 0.270 e. The number of non-ortho nitro benzene ring substituents is 1. The van der Waals surface area contributed by atoms with Crippen LogP contribution in [0.15, 0.2) is 52.3 Å². The molecule has 0 aliphatic heterocycles. The molecule has 0 aliphatic carbocycles. The van der Waals surface area contributed by atoms with Gasteiger partial charge in [-0.2, -0.15) is 0 Å². The number of rotatable bonds is 6. The first-order valence-electron chi connectivity index (χ1n) is 7.50. The van der Waals surface area contributed by atoms with Crippen molar-refractivity contribution in [2.75, 3.05) is 11.9 Å². The molecule has 0 unspecified atom stereocenters. The van der Waals surface area contributed by atoms with E-state index in [1.54, 1.807) is 35.7 Å². The molecule has 1 N–H and O–H groups in total. The number of ether oxygens (including phenoxy) is 1. The lowest BCUT2D eigenvalue weighted by Gasteiger charge is -2.07. The van der Waals surface area contributed by atoms with Gasteiger partial charge in [-0.05, 0) is 34.1 Å². The van der Waals surface area contributed by atoms with Gasteiger partial charge in [0.1, 0.15) is 5.75 Å². The van der Waals surface area contributed by atoms with Crippen LogP contribution in [0.5, 0.6) is 5.75 Å². The Morgan fingerprint density at radius 3 is 2.89 bits per heavy atom. The van der Waals surface area contributed by atoms with Crippen LogP contribution < -0.4 is 10.1 Å². The highest BCUT2D eigenvalue weighted by molar-refractivity contribution is 9.10. The van der Waals surface area contributed by atoms with Crippen molar-refractivity contribution in [3.63, 3.8) is 0 Å². The average molecular weight is 469 g/mol. The first-order chi connectivity index (χ1) is 12.9. The summed E-state index contributed by atoms with van der Waals surface area (Å²) in [5.41, 5.74) is 1.12. The van der Waals surface area contributed by atoms with Crippen LogP contribution in [0.4, 0.5) is 10.8 Å². The number of hydrogen-bond donors (Lipinski definition) is 1. The SMILES string of the molecule is O=C(COc1ccc(Cl)cc1Br)Nc1nc(-c2cccc([N+](=O)[O-])c2)cs1. The summed E-state index contributed by atoms with van der Waals surface area (Å²) in [4.78, 5) is 26.7. The van der Waals surface area contributed by atoms with Crippen LogP contribution in [-0.2, 0) is 4.79 Å². The Balaban J connectivity index is 1.62. The van der Waals surface area contributed by atoms with Gasteiger partial charge < -0.3 is 4.74 Å². The predicted molar refractivity (Wildman–Crippen MR) is 107 cm³/mol. The third-order valence-electron chi connectivity index (χ3n) is 3.36. The van der Waals surface area contributed by atoms with E-state index in [1.807, 2.05) is 0 Å². The van der Waals surface area contributed by atoms with Crippen LogP contribution in [0.1, 0.15) is 0 Å². The standard InChI is InChI=1S/C17H11BrClN3O4S/c18-13-7-11(19)4-5-15(13)26-8-16(23)21-17-20-14(9-27-17)10-2-1-3-12(6-10)22(24)25/h1-7,9H,8H2,(H,20,21,23). The van der Waals surface area contributed by atoms with Gasteiger partial charge in [0.15, 0.2) is 11.7 Å². The van der Waals surface area contributed by atoms with Crippen LogP contribution in [0, 0.1) is 10.1 Å². The number of nitrogens with one attached hydrogen (secondary N) is 1. The molecule has 0 fully saturated rings. The van der Waals surface area contributed by atoms with Gasteiger partial charge in [0, 0.05) is 28.1 Å². The number of halogens is 2. The molecule has 3 aromatic rings. The second-order valence-electron chi connectivity index (χ2n) is 5.26. The van der Waals surface area contributed by atoms with Gasteiger partial charge in [0.25, 0.3) is 11.6 Å². The summed E-state index contributed by atoms with van der Waals surface area (Å²) in [6.45, 7) is -0.202. The molecule has 3 rings (SSSR count). The van der Waals surface area contributed by atoms with E-state index in [9.17, 15) is 14.9 Å². The topological polar surface area (TPSA) is 94.4 Å². The molecular weight excluding hydrogens is 458 g/mol. The van der Waals surface area contributed by atoms with Crippen molar-refractivity contribution in [3.05, 3.63) is 67.5 Å². The lowest BCUT2D eigenvalue weighted by Crippen LogP contribution is -2.20. The number of aromatic nitrogens is 1. The van der Waals surface area contributed by atoms with Crippen LogP contribution in [-0.4, -0.2) is 22.4 Å². The summed E-state index contributed by atoms with van der Waals surface area (Å²) in [7, 11) is 0. The zero-order valence-corrected chi connectivity index (χ0v) is 16.7. The van der Waals surface area contributed by atoms with E-state index in [0.717, 1.165) is 0 Å². The number of carbonyl (C=O) groups excluding carboxylic acids is 1. The van der Waals surface area contributed by atoms with Gasteiger partial charge in [-0.1, -0.05) is 23.7 Å². The second-order valence-corrected chi connectivity index (χ2v) is 7.41. The summed E-state index contributed by atoms with van der Waals surface area (Å²) in [5, 5.41) is 16.2. The van der Waals surface area contributed by atoms with Gasteiger partial charge in [0.05, 0.1) is 15.1 Å². The van der Waals surface area contributed by atoms with E-state index in [0.29, 0.717) is 31.6 Å². The summed E-state index contributed by atoms with van der Waals surface area (Å²) in [6, 6.07) is 11.1. The Hall–Kier alpha value is -2.49. The molecule has 1 heterocycles. The van der Waals surface area contributed by atoms with Gasteiger partial charge in [0.2, 0.25) is 0 Å². The highest BCUT2D eigenvalue weighted by Crippen LogP contribution is 2.29. The number of hydrogen-bond acceptors (Lipinski definition) is 6. The van der Waals surface area contributed by atoms with E-state index in [2.05, 4.69) is 26.2 Å². The third-order valence-corrected chi connectivity index (χ3v) is 4.97. The Kier molecular flexibility index (Phi) is 6.04. The van der Waals surface area contributed by atoms with Crippen molar-refractivity contribution in [2.45, 2.75) is 0 Å². The molecule has 0 spiro atoms. The van der Waals surface area contributed by atoms with Gasteiger partial charge >= 0.3 is 0 Å². The summed E-state index contributed by atoms with van der Waals surface area (Å²) < 4.78 is 6.09. The zero-order valence-electron chi connectivity index (χ0n) is 13.5. The van der Waals surface area contributed by atoms with Crippen molar-refractivity contribution in [3.8, 4) is 17.0 Å². The van der Waals surface area contributed by atoms with Gasteiger partial charge in [-0.15, -0.1) is 11.3 Å². The lowest BCUT2D eigenvalue weighted by molar-refractivity contribution is -0.384. The minimum absolute atomic E-state index is 0.0203. The molecule has 0 atom stereocenters. The molecule has 10 heteroatoms. The molecule has 0 radical (unpaired) electrons. The van der Waals surface area contributed by atoms with Gasteiger partial charge in [-0.3, -0.25) is 20.2 Å². The molecule has 2 aromatic carbocycles. The Morgan fingerprint density at radius 1 is 1.33 bits per heavy atom. The van der Waals surface area contributed by atoms with Crippen LogP contribution in [0.25, 0.3) is 11.3 Å². The first kappa shape index (κ1) is 19.3. The molecule has 0 bridgehead atoms. The maximum atomic E-state index is 12.1. The van der Waals surface area contributed by atoms with Crippen LogP contribution in [0.3, 0.4) is 0 Å². The average Bonchev–Trinajstić information content (AvgIpc) is 3.09. The summed E-state index contributed by atoms with van der Waals surface area (Å²) in [5.74, 6) is 0.114. The summed E-state index contributed by atoms with van der Waals surface area (Å²) in [6.07, 6.45) is 0. The number of anilines is 1. The van der Waals surface area contributed by atoms with Crippen molar-refractivity contribution >= 4 is 55.6 Å². The van der Waals surface area contributed by atoms with E-state index in [1.165, 1.54) is 23.5 Å². The highest BCUT2D eigenvalue weighted by atomic mass is 79.9. The van der Waals surface area contributed by atoms with Crippen LogP contribution >= 0.6 is 38.9 Å². The normalized spacial score (nSPS) is 10.4. The Bertz CT molecular complexity index is 1010. The molecule has 7 nitrogen and oxygen atoms in total. The first-order valence-corrected chi connectivity index (χ1v) is 9.55. The minimum atomic E-state index is -0.467. The number of amides is 1. The van der Waals surface area contributed by atoms with Crippen LogP contribution in [0.2, 0.25) is 5.02 Å². The second kappa shape index (κ2) is 8.47. The fraction of sp³-hybridized carbons (Fsp3) is 0.0588. The number of nitro benzene ring substituents is 1. The maximum absolute atomic E-state index is 12.1. The number of nitrogens with zero attached hydrogens (tertiary/aromatic N) is 2. The van der Waals surface area contributed by atoms with Crippen molar-refractivity contribution in [2.24, 2.45) is 0 Å². The number of nitro groups is 1. The van der Waals surface area contributed by atoms with Gasteiger partial charge in [-0.25, -0.2) is 4.98 Å². The van der Waals surface area contributed by atoms with E-state index in [4.69, 9.17) is 16.3 Å². The number of benzene rings is 2. The van der Waals surface area contributed by atoms with Crippen molar-refractivity contribution in [1.29, 1.82) is 0 Å². The van der Waals surface area contributed by atoms with Crippen molar-refractivity contribution in [1.82, 2.24) is 4.98 Å². The molecule has 0 saturated carbocycles. The molecule has 27 heavy (non-hydrogen) atoms.